The highest BCUT2D eigenvalue weighted by Crippen LogP contribution is 2.21. The van der Waals surface area contributed by atoms with Crippen LogP contribution < -0.4 is 4.90 Å². The van der Waals surface area contributed by atoms with Crippen molar-refractivity contribution in [3.8, 4) is 0 Å². The van der Waals surface area contributed by atoms with Crippen LogP contribution in [-0.2, 0) is 6.61 Å². The molecule has 4 nitrogen and oxygen atoms in total. The Kier molecular flexibility index (Phi) is 3.57. The number of rotatable bonds is 4. The molecule has 0 saturated heterocycles. The van der Waals surface area contributed by atoms with Crippen molar-refractivity contribution in [1.29, 1.82) is 0 Å². The summed E-state index contributed by atoms with van der Waals surface area (Å²) < 4.78 is 41.1. The van der Waals surface area contributed by atoms with Crippen molar-refractivity contribution in [1.82, 2.24) is 4.98 Å². The Hall–Kier alpha value is -1.24. The third-order valence-electron chi connectivity index (χ3n) is 1.72. The summed E-state index contributed by atoms with van der Waals surface area (Å²) in [6.07, 6.45) is -3.17. The molecule has 15 heavy (non-hydrogen) atoms. The minimum Gasteiger partial charge on any atom is -0.432 e. The van der Waals surface area contributed by atoms with Crippen LogP contribution in [0.3, 0.4) is 0 Å². The smallest absolute Gasteiger partial charge is 0.406 e. The van der Waals surface area contributed by atoms with E-state index >= 15 is 0 Å². The molecule has 0 aliphatic rings. The highest BCUT2D eigenvalue weighted by Gasteiger charge is 2.31. The lowest BCUT2D eigenvalue weighted by atomic mass is 10.5. The summed E-state index contributed by atoms with van der Waals surface area (Å²) >= 11 is 0. The summed E-state index contributed by atoms with van der Waals surface area (Å²) in [5.41, 5.74) is 0.214. The quantitative estimate of drug-likeness (QED) is 0.843. The molecule has 0 radical (unpaired) electrons. The van der Waals surface area contributed by atoms with Crippen LogP contribution in [0.2, 0.25) is 0 Å². The van der Waals surface area contributed by atoms with Crippen molar-refractivity contribution in [3.05, 3.63) is 12.0 Å². The number of hydrogen-bond donors (Lipinski definition) is 1. The van der Waals surface area contributed by atoms with Crippen LogP contribution in [0, 0.1) is 0 Å². The van der Waals surface area contributed by atoms with E-state index in [1.54, 1.807) is 6.92 Å². The minimum atomic E-state index is -4.30. The van der Waals surface area contributed by atoms with E-state index in [-0.39, 0.29) is 24.9 Å². The van der Waals surface area contributed by atoms with Crippen LogP contribution in [-0.4, -0.2) is 29.4 Å². The van der Waals surface area contributed by atoms with Gasteiger partial charge < -0.3 is 14.4 Å². The first-order valence-electron chi connectivity index (χ1n) is 4.33. The second-order valence-electron chi connectivity index (χ2n) is 2.91. The molecule has 0 amide bonds. The molecule has 1 N–H and O–H groups in total. The van der Waals surface area contributed by atoms with Gasteiger partial charge in [0.05, 0.1) is 6.61 Å². The molecule has 1 aromatic rings. The van der Waals surface area contributed by atoms with Crippen molar-refractivity contribution >= 4 is 6.01 Å². The van der Waals surface area contributed by atoms with E-state index in [4.69, 9.17) is 9.52 Å². The largest absolute Gasteiger partial charge is 0.432 e. The Bertz CT molecular complexity index is 311. The number of nitrogens with zero attached hydrogens (tertiary/aromatic N) is 2. The van der Waals surface area contributed by atoms with E-state index in [0.29, 0.717) is 0 Å². The van der Waals surface area contributed by atoms with Crippen LogP contribution in [0.25, 0.3) is 0 Å². The predicted molar refractivity (Wildman–Crippen MR) is 46.4 cm³/mol. The van der Waals surface area contributed by atoms with Gasteiger partial charge in [0.2, 0.25) is 0 Å². The average Bonchev–Trinajstić information content (AvgIpc) is 2.60. The molecule has 0 aromatic carbocycles. The van der Waals surface area contributed by atoms with Gasteiger partial charge in [-0.05, 0) is 6.92 Å². The van der Waals surface area contributed by atoms with Gasteiger partial charge in [-0.1, -0.05) is 0 Å². The van der Waals surface area contributed by atoms with E-state index in [9.17, 15) is 13.2 Å². The molecule has 1 aromatic heterocycles. The van der Waals surface area contributed by atoms with E-state index in [0.717, 1.165) is 11.2 Å². The maximum Gasteiger partial charge on any atom is 0.406 e. The highest BCUT2D eigenvalue weighted by molar-refractivity contribution is 5.26. The van der Waals surface area contributed by atoms with Gasteiger partial charge in [0.1, 0.15) is 18.5 Å². The molecule has 0 bridgehead atoms. The van der Waals surface area contributed by atoms with Crippen LogP contribution in [0.15, 0.2) is 10.7 Å². The van der Waals surface area contributed by atoms with Crippen LogP contribution in [0.5, 0.6) is 0 Å². The number of halogens is 3. The second kappa shape index (κ2) is 4.52. The van der Waals surface area contributed by atoms with Crippen molar-refractivity contribution in [2.24, 2.45) is 0 Å². The highest BCUT2D eigenvalue weighted by atomic mass is 19.4. The van der Waals surface area contributed by atoms with Gasteiger partial charge in [-0.15, -0.1) is 0 Å². The molecule has 0 atom stereocenters. The van der Waals surface area contributed by atoms with Gasteiger partial charge >= 0.3 is 6.18 Å². The van der Waals surface area contributed by atoms with Crippen LogP contribution in [0.1, 0.15) is 12.6 Å². The normalized spacial score (nSPS) is 11.8. The topological polar surface area (TPSA) is 49.5 Å². The Morgan fingerprint density at radius 1 is 1.53 bits per heavy atom. The maximum absolute atomic E-state index is 12.1. The van der Waals surface area contributed by atoms with Crippen LogP contribution >= 0.6 is 0 Å². The van der Waals surface area contributed by atoms with Crippen LogP contribution in [0.4, 0.5) is 19.2 Å². The monoisotopic (exact) mass is 224 g/mol. The fourth-order valence-corrected chi connectivity index (χ4v) is 1.05. The minimum absolute atomic E-state index is 0.126. The van der Waals surface area contributed by atoms with Gasteiger partial charge in [0.25, 0.3) is 6.01 Å². The van der Waals surface area contributed by atoms with E-state index in [1.807, 2.05) is 0 Å². The number of hydrogen-bond acceptors (Lipinski definition) is 4. The third-order valence-corrected chi connectivity index (χ3v) is 1.72. The number of aliphatic hydroxyl groups excluding tert-OH is 1. The van der Waals surface area contributed by atoms with Gasteiger partial charge in [0.15, 0.2) is 0 Å². The summed E-state index contributed by atoms with van der Waals surface area (Å²) in [6.45, 7) is 0.224. The summed E-state index contributed by atoms with van der Waals surface area (Å²) in [7, 11) is 0. The number of anilines is 1. The fraction of sp³-hybridized carbons (Fsp3) is 0.625. The Morgan fingerprint density at radius 2 is 2.20 bits per heavy atom. The number of alkyl halides is 3. The first-order chi connectivity index (χ1) is 6.96. The summed E-state index contributed by atoms with van der Waals surface area (Å²) in [5, 5.41) is 8.67. The van der Waals surface area contributed by atoms with E-state index < -0.39 is 12.7 Å². The lowest BCUT2D eigenvalue weighted by Gasteiger charge is -2.19. The Morgan fingerprint density at radius 3 is 2.60 bits per heavy atom. The van der Waals surface area contributed by atoms with E-state index in [1.165, 1.54) is 0 Å². The zero-order chi connectivity index (χ0) is 11.5. The zero-order valence-electron chi connectivity index (χ0n) is 8.08. The molecule has 7 heteroatoms. The number of aromatic nitrogens is 1. The lowest BCUT2D eigenvalue weighted by Crippen LogP contribution is -2.34. The molecular formula is C8H11F3N2O2. The van der Waals surface area contributed by atoms with Crippen molar-refractivity contribution in [3.63, 3.8) is 0 Å². The summed E-state index contributed by atoms with van der Waals surface area (Å²) in [6, 6.07) is -0.126. The molecular weight excluding hydrogens is 213 g/mol. The molecule has 0 spiro atoms. The van der Waals surface area contributed by atoms with Crippen molar-refractivity contribution in [2.75, 3.05) is 18.0 Å². The molecule has 86 valence electrons. The standard InChI is InChI=1S/C8H11F3N2O2/c1-2-13(5-8(9,10)11)7-12-6(3-14)4-15-7/h4,14H,2-3,5H2,1H3. The predicted octanol–water partition coefficient (Wildman–Crippen LogP) is 1.56. The summed E-state index contributed by atoms with van der Waals surface area (Å²) in [4.78, 5) is 4.64. The molecule has 0 aliphatic carbocycles. The molecule has 0 unspecified atom stereocenters. The Balaban J connectivity index is 2.74. The van der Waals surface area contributed by atoms with Gasteiger partial charge in [-0.3, -0.25) is 0 Å². The van der Waals surface area contributed by atoms with Gasteiger partial charge in [0, 0.05) is 6.54 Å². The fourth-order valence-electron chi connectivity index (χ4n) is 1.05. The first-order valence-corrected chi connectivity index (χ1v) is 4.33. The van der Waals surface area contributed by atoms with Crippen molar-refractivity contribution < 1.29 is 22.7 Å². The lowest BCUT2D eigenvalue weighted by molar-refractivity contribution is -0.120. The third kappa shape index (κ3) is 3.43. The second-order valence-corrected chi connectivity index (χ2v) is 2.91. The molecule has 1 heterocycles. The van der Waals surface area contributed by atoms with Gasteiger partial charge in [-0.2, -0.15) is 18.2 Å². The molecule has 0 aliphatic heterocycles. The molecule has 0 fully saturated rings. The van der Waals surface area contributed by atoms with E-state index in [2.05, 4.69) is 4.98 Å². The maximum atomic E-state index is 12.1. The zero-order valence-corrected chi connectivity index (χ0v) is 8.08. The Labute approximate surface area is 84.3 Å². The average molecular weight is 224 g/mol. The molecule has 0 saturated carbocycles. The van der Waals surface area contributed by atoms with Crippen molar-refractivity contribution in [2.45, 2.75) is 19.7 Å². The van der Waals surface area contributed by atoms with Gasteiger partial charge in [-0.25, -0.2) is 0 Å². The number of oxazole rings is 1. The summed E-state index contributed by atoms with van der Waals surface area (Å²) in [5.74, 6) is 0. The SMILES string of the molecule is CCN(CC(F)(F)F)c1nc(CO)co1. The number of aliphatic hydroxyl groups is 1. The first kappa shape index (κ1) is 11.8. The molecule has 1 rings (SSSR count).